The van der Waals surface area contributed by atoms with E-state index in [2.05, 4.69) is 27.6 Å². The van der Waals surface area contributed by atoms with Gasteiger partial charge in [-0.2, -0.15) is 0 Å². The number of hydrogen-bond acceptors (Lipinski definition) is 1. The largest absolute Gasteiger partial charge is 0.330 e. The van der Waals surface area contributed by atoms with Gasteiger partial charge >= 0.3 is 0 Å². The predicted octanol–water partition coefficient (Wildman–Crippen LogP) is 4.71. The Morgan fingerprint density at radius 3 is 2.35 bits per heavy atom. The summed E-state index contributed by atoms with van der Waals surface area (Å²) in [6, 6.07) is 7.32. The first-order chi connectivity index (χ1) is 9.47. The zero-order valence-electron chi connectivity index (χ0n) is 9.75. The van der Waals surface area contributed by atoms with Gasteiger partial charge in [0.1, 0.15) is 0 Å². The fourth-order valence-corrected chi connectivity index (χ4v) is 2.82. The minimum atomic E-state index is -1.49. The van der Waals surface area contributed by atoms with Crippen LogP contribution in [0.3, 0.4) is 0 Å². The van der Waals surface area contributed by atoms with Crippen molar-refractivity contribution in [1.29, 1.82) is 0 Å². The molecule has 0 atom stereocenters. The summed E-state index contributed by atoms with van der Waals surface area (Å²) in [7, 11) is 0. The molecule has 0 aliphatic carbocycles. The number of halogens is 4. The van der Waals surface area contributed by atoms with E-state index < -0.39 is 17.5 Å². The number of H-pyrrole nitrogens is 1. The van der Waals surface area contributed by atoms with Crippen LogP contribution < -0.4 is 0 Å². The van der Waals surface area contributed by atoms with Gasteiger partial charge in [-0.05, 0) is 53.0 Å². The number of aromatic amines is 1. The summed E-state index contributed by atoms with van der Waals surface area (Å²) in [5, 5.41) is 0. The number of nitrogens with zero attached hydrogens (tertiary/aromatic N) is 1. The highest BCUT2D eigenvalue weighted by molar-refractivity contribution is 14.1. The second-order valence-corrected chi connectivity index (χ2v) is 5.78. The normalized spacial score (nSPS) is 11.2. The molecule has 1 N–H and O–H groups in total. The van der Waals surface area contributed by atoms with Crippen LogP contribution in [-0.2, 0) is 0 Å². The molecule has 0 saturated carbocycles. The van der Waals surface area contributed by atoms with Crippen molar-refractivity contribution in [2.45, 2.75) is 0 Å². The standard InChI is InChI=1S/C13H6F3IN2S/c14-8-4-7(5-9(15)12(8)16)19-11-2-1-6(17)3-10(11)18-13(19)20/h1-5H,(H,18,20). The van der Waals surface area contributed by atoms with Crippen molar-refractivity contribution in [2.75, 3.05) is 0 Å². The summed E-state index contributed by atoms with van der Waals surface area (Å²) < 4.78 is 42.5. The van der Waals surface area contributed by atoms with Crippen molar-refractivity contribution < 1.29 is 13.2 Å². The monoisotopic (exact) mass is 406 g/mol. The molecule has 0 saturated heterocycles. The molecule has 1 heterocycles. The number of nitrogens with one attached hydrogen (secondary N) is 1. The fraction of sp³-hybridized carbons (Fsp3) is 0. The molecule has 3 rings (SSSR count). The van der Waals surface area contributed by atoms with Crippen molar-refractivity contribution >= 4 is 45.8 Å². The summed E-state index contributed by atoms with van der Waals surface area (Å²) in [5.41, 5.74) is 1.55. The Kier molecular flexibility index (Phi) is 3.33. The Morgan fingerprint density at radius 2 is 1.70 bits per heavy atom. The van der Waals surface area contributed by atoms with Crippen LogP contribution in [0.2, 0.25) is 0 Å². The molecule has 0 unspecified atom stereocenters. The average molecular weight is 406 g/mol. The maximum Gasteiger partial charge on any atom is 0.194 e. The minimum absolute atomic E-state index is 0.138. The van der Waals surface area contributed by atoms with Crippen LogP contribution >= 0.6 is 34.8 Å². The van der Waals surface area contributed by atoms with E-state index in [0.29, 0.717) is 5.52 Å². The van der Waals surface area contributed by atoms with Gasteiger partial charge in [0.2, 0.25) is 0 Å². The van der Waals surface area contributed by atoms with E-state index in [9.17, 15) is 13.2 Å². The molecule has 20 heavy (non-hydrogen) atoms. The molecule has 1 aromatic heterocycles. The highest BCUT2D eigenvalue weighted by Crippen LogP contribution is 2.23. The first-order valence-electron chi connectivity index (χ1n) is 5.52. The summed E-state index contributed by atoms with van der Waals surface area (Å²) in [6.45, 7) is 0. The second-order valence-electron chi connectivity index (χ2n) is 4.15. The van der Waals surface area contributed by atoms with Crippen LogP contribution in [0.25, 0.3) is 16.7 Å². The van der Waals surface area contributed by atoms with Gasteiger partial charge in [-0.25, -0.2) is 13.2 Å². The molecule has 102 valence electrons. The van der Waals surface area contributed by atoms with Crippen molar-refractivity contribution in [3.05, 3.63) is 56.1 Å². The highest BCUT2D eigenvalue weighted by atomic mass is 127. The third kappa shape index (κ3) is 2.14. The topological polar surface area (TPSA) is 20.7 Å². The molecule has 2 nitrogen and oxygen atoms in total. The molecule has 0 aliphatic rings. The van der Waals surface area contributed by atoms with Gasteiger partial charge in [-0.15, -0.1) is 0 Å². The molecule has 7 heteroatoms. The molecule has 0 amide bonds. The van der Waals surface area contributed by atoms with Crippen LogP contribution in [0.1, 0.15) is 0 Å². The summed E-state index contributed by atoms with van der Waals surface area (Å²) >= 11 is 7.31. The van der Waals surface area contributed by atoms with Crippen molar-refractivity contribution in [3.8, 4) is 5.69 Å². The minimum Gasteiger partial charge on any atom is -0.330 e. The van der Waals surface area contributed by atoms with E-state index in [1.807, 2.05) is 12.1 Å². The molecule has 0 bridgehead atoms. The SMILES string of the molecule is Fc1cc(-n2c(=S)[nH]c3cc(I)ccc32)cc(F)c1F. The number of rotatable bonds is 1. The molecule has 0 aliphatic heterocycles. The maximum atomic E-state index is 13.4. The summed E-state index contributed by atoms with van der Waals surface area (Å²) in [4.78, 5) is 2.95. The molecule has 0 fully saturated rings. The first-order valence-corrected chi connectivity index (χ1v) is 7.01. The number of benzene rings is 2. The lowest BCUT2D eigenvalue weighted by Gasteiger charge is -2.06. The van der Waals surface area contributed by atoms with Crippen LogP contribution in [0.4, 0.5) is 13.2 Å². The lowest BCUT2D eigenvalue weighted by atomic mass is 10.2. The van der Waals surface area contributed by atoms with Gasteiger partial charge in [-0.3, -0.25) is 4.57 Å². The Balaban J connectivity index is 2.35. The van der Waals surface area contributed by atoms with E-state index in [1.165, 1.54) is 4.57 Å². The van der Waals surface area contributed by atoms with E-state index in [1.54, 1.807) is 6.07 Å². The Morgan fingerprint density at radius 1 is 1.05 bits per heavy atom. The van der Waals surface area contributed by atoms with Crippen molar-refractivity contribution in [3.63, 3.8) is 0 Å². The highest BCUT2D eigenvalue weighted by Gasteiger charge is 2.14. The van der Waals surface area contributed by atoms with E-state index in [-0.39, 0.29) is 10.5 Å². The predicted molar refractivity (Wildman–Crippen MR) is 81.1 cm³/mol. The number of hydrogen-bond donors (Lipinski definition) is 1. The molecule has 3 aromatic rings. The zero-order chi connectivity index (χ0) is 14.4. The molecule has 0 radical (unpaired) electrons. The molecule has 2 aromatic carbocycles. The number of fused-ring (bicyclic) bond motifs is 1. The van der Waals surface area contributed by atoms with Crippen LogP contribution in [0.15, 0.2) is 30.3 Å². The van der Waals surface area contributed by atoms with Crippen molar-refractivity contribution in [1.82, 2.24) is 9.55 Å². The van der Waals surface area contributed by atoms with Gasteiger partial charge in [0.25, 0.3) is 0 Å². The molecular weight excluding hydrogens is 400 g/mol. The third-order valence-corrected chi connectivity index (χ3v) is 3.83. The first kappa shape index (κ1) is 13.6. The molecule has 0 spiro atoms. The maximum absolute atomic E-state index is 13.4. The van der Waals surface area contributed by atoms with Gasteiger partial charge in [0.15, 0.2) is 22.2 Å². The number of aromatic nitrogens is 2. The summed E-state index contributed by atoms with van der Waals surface area (Å²) in [6.07, 6.45) is 0. The smallest absolute Gasteiger partial charge is 0.194 e. The van der Waals surface area contributed by atoms with Crippen LogP contribution in [0.5, 0.6) is 0 Å². The van der Waals surface area contributed by atoms with Gasteiger partial charge in [0, 0.05) is 15.7 Å². The number of imidazole rings is 1. The lowest BCUT2D eigenvalue weighted by Crippen LogP contribution is -1.99. The third-order valence-electron chi connectivity index (χ3n) is 2.87. The fourth-order valence-electron chi connectivity index (χ4n) is 2.01. The summed E-state index contributed by atoms with van der Waals surface area (Å²) in [5.74, 6) is -3.99. The van der Waals surface area contributed by atoms with E-state index in [0.717, 1.165) is 21.2 Å². The Hall–Kier alpha value is -1.35. The van der Waals surface area contributed by atoms with Crippen molar-refractivity contribution in [2.24, 2.45) is 0 Å². The zero-order valence-corrected chi connectivity index (χ0v) is 12.7. The Labute approximate surface area is 130 Å². The van der Waals surface area contributed by atoms with Gasteiger partial charge < -0.3 is 4.98 Å². The van der Waals surface area contributed by atoms with Gasteiger partial charge in [0.05, 0.1) is 16.7 Å². The van der Waals surface area contributed by atoms with E-state index in [4.69, 9.17) is 12.2 Å². The average Bonchev–Trinajstić information content (AvgIpc) is 2.70. The molecular formula is C13H6F3IN2S. The quantitative estimate of drug-likeness (QED) is 0.353. The van der Waals surface area contributed by atoms with Crippen LogP contribution in [-0.4, -0.2) is 9.55 Å². The van der Waals surface area contributed by atoms with Crippen LogP contribution in [0, 0.1) is 25.8 Å². The van der Waals surface area contributed by atoms with E-state index >= 15 is 0 Å². The van der Waals surface area contributed by atoms with Gasteiger partial charge in [-0.1, -0.05) is 0 Å². The lowest BCUT2D eigenvalue weighted by molar-refractivity contribution is 0.446. The second kappa shape index (κ2) is 4.88. The Bertz CT molecular complexity index is 862.